The Morgan fingerprint density at radius 1 is 1.31 bits per heavy atom. The highest BCUT2D eigenvalue weighted by molar-refractivity contribution is 7.84. The molecule has 0 fully saturated rings. The fourth-order valence-electron chi connectivity index (χ4n) is 0.974. The smallest absolute Gasteiger partial charge is 0.00749 e. The van der Waals surface area contributed by atoms with E-state index in [1.165, 1.54) is 5.57 Å². The fraction of sp³-hybridized carbons (Fsp3) is 0.455. The quantitative estimate of drug-likeness (QED) is 0.512. The molecule has 2 heteroatoms. The van der Waals surface area contributed by atoms with Gasteiger partial charge in [0.25, 0.3) is 0 Å². The number of hydrogen-bond acceptors (Lipinski definition) is 1. The highest BCUT2D eigenvalue weighted by atomic mass is 35.5. The van der Waals surface area contributed by atoms with Gasteiger partial charge in [-0.05, 0) is 31.9 Å². The van der Waals surface area contributed by atoms with Crippen LogP contribution in [0.2, 0.25) is 0 Å². The highest BCUT2D eigenvalue weighted by Crippen LogP contribution is 2.15. The van der Waals surface area contributed by atoms with E-state index >= 15 is 0 Å². The molecule has 0 rings (SSSR count). The van der Waals surface area contributed by atoms with E-state index in [0.717, 1.165) is 23.3 Å². The van der Waals surface area contributed by atoms with Crippen molar-refractivity contribution in [1.82, 2.24) is 0 Å². The van der Waals surface area contributed by atoms with Crippen LogP contribution in [-0.2, 0) is 0 Å². The number of thiol groups is 1. The van der Waals surface area contributed by atoms with E-state index in [0.29, 0.717) is 0 Å². The Balaban J connectivity index is 4.43. The first-order chi connectivity index (χ1) is 6.10. The van der Waals surface area contributed by atoms with Crippen LogP contribution >= 0.6 is 24.2 Å². The lowest BCUT2D eigenvalue weighted by Crippen LogP contribution is -1.77. The third kappa shape index (κ3) is 6.97. The Hall–Kier alpha value is -0.140. The molecule has 0 radical (unpaired) electrons. The molecule has 0 aliphatic heterocycles. The molecule has 0 spiro atoms. The average Bonchev–Trinajstić information content (AvgIpc) is 2.02. The summed E-state index contributed by atoms with van der Waals surface area (Å²) in [4.78, 5) is 0.959. The maximum atomic E-state index is 5.67. The standard InChI is InChI=1S/C11H17ClS/c1-4-5-10(8-12)7-11(13)6-9(2)3/h6-8,13H,4-5H2,1-3H3/b10-8+,11-7+. The van der Waals surface area contributed by atoms with Gasteiger partial charge in [0.2, 0.25) is 0 Å². The maximum Gasteiger partial charge on any atom is 0.00749 e. The Bertz CT molecular complexity index is 232. The molecule has 0 unspecified atom stereocenters. The summed E-state index contributed by atoms with van der Waals surface area (Å²) in [6, 6.07) is 0. The van der Waals surface area contributed by atoms with Crippen LogP contribution in [0.1, 0.15) is 33.6 Å². The van der Waals surface area contributed by atoms with Gasteiger partial charge in [-0.1, -0.05) is 36.6 Å². The predicted molar refractivity (Wildman–Crippen MR) is 65.3 cm³/mol. The molecule has 74 valence electrons. The Morgan fingerprint density at radius 3 is 2.31 bits per heavy atom. The van der Waals surface area contributed by atoms with Crippen LogP contribution in [0, 0.1) is 0 Å². The van der Waals surface area contributed by atoms with Crippen molar-refractivity contribution in [3.63, 3.8) is 0 Å². The molecule has 0 saturated carbocycles. The van der Waals surface area contributed by atoms with Crippen molar-refractivity contribution in [1.29, 1.82) is 0 Å². The van der Waals surface area contributed by atoms with Gasteiger partial charge in [0.05, 0.1) is 0 Å². The summed E-state index contributed by atoms with van der Waals surface area (Å²) in [7, 11) is 0. The van der Waals surface area contributed by atoms with Crippen LogP contribution in [-0.4, -0.2) is 0 Å². The molecule has 0 aliphatic carbocycles. The van der Waals surface area contributed by atoms with E-state index in [2.05, 4.69) is 19.6 Å². The topological polar surface area (TPSA) is 0 Å². The summed E-state index contributed by atoms with van der Waals surface area (Å²) in [5.74, 6) is 0. The van der Waals surface area contributed by atoms with Gasteiger partial charge in [-0.2, -0.15) is 0 Å². The second-order valence-electron chi connectivity index (χ2n) is 3.22. The lowest BCUT2D eigenvalue weighted by Gasteiger charge is -1.98. The summed E-state index contributed by atoms with van der Waals surface area (Å²) in [6.07, 6.45) is 6.14. The largest absolute Gasteiger partial charge is 0.143 e. The van der Waals surface area contributed by atoms with Gasteiger partial charge in [-0.3, -0.25) is 0 Å². The molecule has 13 heavy (non-hydrogen) atoms. The van der Waals surface area contributed by atoms with E-state index < -0.39 is 0 Å². The van der Waals surface area contributed by atoms with Crippen LogP contribution in [0.3, 0.4) is 0 Å². The molecule has 0 aromatic heterocycles. The predicted octanol–water partition coefficient (Wildman–Crippen LogP) is 4.69. The number of allylic oxidation sites excluding steroid dienone is 4. The molecule has 0 amide bonds. The van der Waals surface area contributed by atoms with E-state index in [-0.39, 0.29) is 0 Å². The third-order valence-corrected chi connectivity index (χ3v) is 1.99. The van der Waals surface area contributed by atoms with Crippen molar-refractivity contribution >= 4 is 24.2 Å². The first kappa shape index (κ1) is 12.9. The monoisotopic (exact) mass is 216 g/mol. The molecule has 0 nitrogen and oxygen atoms in total. The first-order valence-electron chi connectivity index (χ1n) is 4.45. The minimum Gasteiger partial charge on any atom is -0.143 e. The third-order valence-electron chi connectivity index (χ3n) is 1.45. The van der Waals surface area contributed by atoms with E-state index in [4.69, 9.17) is 11.6 Å². The molecule has 0 bridgehead atoms. The zero-order valence-electron chi connectivity index (χ0n) is 8.47. The Labute approximate surface area is 91.8 Å². The molecular formula is C11H17ClS. The second-order valence-corrected chi connectivity index (χ2v) is 3.96. The minimum atomic E-state index is 0.959. The van der Waals surface area contributed by atoms with Crippen molar-refractivity contribution < 1.29 is 0 Å². The van der Waals surface area contributed by atoms with E-state index in [1.54, 1.807) is 5.54 Å². The molecule has 0 heterocycles. The van der Waals surface area contributed by atoms with Crippen molar-refractivity contribution in [3.8, 4) is 0 Å². The lowest BCUT2D eigenvalue weighted by atomic mass is 10.1. The zero-order chi connectivity index (χ0) is 10.3. The Morgan fingerprint density at radius 2 is 1.92 bits per heavy atom. The number of halogens is 1. The lowest BCUT2D eigenvalue weighted by molar-refractivity contribution is 0.928. The minimum absolute atomic E-state index is 0.959. The van der Waals surface area contributed by atoms with Crippen LogP contribution in [0.4, 0.5) is 0 Å². The summed E-state index contributed by atoms with van der Waals surface area (Å²) < 4.78 is 0. The molecule has 0 aliphatic rings. The Kier molecular flexibility index (Phi) is 7.20. The zero-order valence-corrected chi connectivity index (χ0v) is 10.1. The van der Waals surface area contributed by atoms with Crippen molar-refractivity contribution in [3.05, 3.63) is 33.7 Å². The summed E-state index contributed by atoms with van der Waals surface area (Å²) in [5.41, 5.74) is 4.00. The van der Waals surface area contributed by atoms with Crippen molar-refractivity contribution in [2.24, 2.45) is 0 Å². The highest BCUT2D eigenvalue weighted by Gasteiger charge is 1.92. The van der Waals surface area contributed by atoms with Crippen molar-refractivity contribution in [2.75, 3.05) is 0 Å². The number of hydrogen-bond donors (Lipinski definition) is 1. The molecule has 0 saturated heterocycles. The normalized spacial score (nSPS) is 13.0. The van der Waals surface area contributed by atoms with E-state index in [9.17, 15) is 0 Å². The second kappa shape index (κ2) is 7.28. The van der Waals surface area contributed by atoms with Crippen LogP contribution in [0.25, 0.3) is 0 Å². The molecule has 0 aromatic carbocycles. The van der Waals surface area contributed by atoms with Gasteiger partial charge >= 0.3 is 0 Å². The van der Waals surface area contributed by atoms with E-state index in [1.807, 2.05) is 26.0 Å². The van der Waals surface area contributed by atoms with Gasteiger partial charge in [-0.25, -0.2) is 0 Å². The van der Waals surface area contributed by atoms with Gasteiger partial charge in [-0.15, -0.1) is 12.6 Å². The summed E-state index contributed by atoms with van der Waals surface area (Å²) in [5, 5.41) is 0. The summed E-state index contributed by atoms with van der Waals surface area (Å²) >= 11 is 10.0. The van der Waals surface area contributed by atoms with Gasteiger partial charge in [0, 0.05) is 10.4 Å². The van der Waals surface area contributed by atoms with Gasteiger partial charge in [0.1, 0.15) is 0 Å². The number of rotatable bonds is 4. The van der Waals surface area contributed by atoms with Gasteiger partial charge in [0.15, 0.2) is 0 Å². The SMILES string of the molecule is CCCC(/C=C(/S)C=C(C)C)=C\Cl. The summed E-state index contributed by atoms with van der Waals surface area (Å²) in [6.45, 7) is 6.23. The molecule has 0 N–H and O–H groups in total. The van der Waals surface area contributed by atoms with Crippen LogP contribution in [0.15, 0.2) is 33.7 Å². The maximum absolute atomic E-state index is 5.67. The molecule has 0 aromatic rings. The van der Waals surface area contributed by atoms with Crippen LogP contribution < -0.4 is 0 Å². The average molecular weight is 217 g/mol. The molecule has 0 atom stereocenters. The van der Waals surface area contributed by atoms with Gasteiger partial charge < -0.3 is 0 Å². The first-order valence-corrected chi connectivity index (χ1v) is 5.33. The van der Waals surface area contributed by atoms with Crippen molar-refractivity contribution in [2.45, 2.75) is 33.6 Å². The van der Waals surface area contributed by atoms with Crippen LogP contribution in [0.5, 0.6) is 0 Å². The fourth-order valence-corrected chi connectivity index (χ4v) is 1.57. The molecular weight excluding hydrogens is 200 g/mol.